The topological polar surface area (TPSA) is 116 Å². The molecule has 0 bridgehead atoms. The lowest BCUT2D eigenvalue weighted by Crippen LogP contribution is -2.26. The zero-order valence-corrected chi connectivity index (χ0v) is 14.4. The Hall–Kier alpha value is -2.71. The van der Waals surface area contributed by atoms with E-state index in [9.17, 15) is 18.0 Å². The Kier molecular flexibility index (Phi) is 5.89. The van der Waals surface area contributed by atoms with E-state index in [2.05, 4.69) is 5.32 Å². The summed E-state index contributed by atoms with van der Waals surface area (Å²) in [6, 6.07) is 12.6. The van der Waals surface area contributed by atoms with Gasteiger partial charge in [-0.15, -0.1) is 0 Å². The number of nitrogens with one attached hydrogen (secondary N) is 1. The van der Waals surface area contributed by atoms with Crippen molar-refractivity contribution in [2.45, 2.75) is 18.2 Å². The number of sulfonamides is 1. The van der Waals surface area contributed by atoms with Gasteiger partial charge < -0.3 is 10.1 Å². The first kappa shape index (κ1) is 18.6. The van der Waals surface area contributed by atoms with Crippen LogP contribution >= 0.6 is 0 Å². The van der Waals surface area contributed by atoms with Crippen molar-refractivity contribution < 1.29 is 22.7 Å². The van der Waals surface area contributed by atoms with Crippen molar-refractivity contribution in [3.8, 4) is 5.75 Å². The molecule has 0 fully saturated rings. The van der Waals surface area contributed by atoms with Gasteiger partial charge in [0.05, 0.1) is 10.5 Å². The summed E-state index contributed by atoms with van der Waals surface area (Å²) in [6.07, 6.45) is 0.506. The van der Waals surface area contributed by atoms with Gasteiger partial charge in [-0.2, -0.15) is 0 Å². The molecule has 2 aromatic carbocycles. The van der Waals surface area contributed by atoms with E-state index in [0.717, 1.165) is 5.56 Å². The number of rotatable bonds is 6. The summed E-state index contributed by atoms with van der Waals surface area (Å²) in [5.41, 5.74) is 1.11. The summed E-state index contributed by atoms with van der Waals surface area (Å²) >= 11 is 0. The Bertz CT molecular complexity index is 876. The maximum absolute atomic E-state index is 12.2. The van der Waals surface area contributed by atoms with Crippen LogP contribution in [-0.2, 0) is 21.2 Å². The number of amides is 1. The van der Waals surface area contributed by atoms with Crippen LogP contribution in [0.5, 0.6) is 5.75 Å². The van der Waals surface area contributed by atoms with Gasteiger partial charge in [-0.3, -0.25) is 9.59 Å². The molecule has 3 N–H and O–H groups in total. The largest absolute Gasteiger partial charge is 0.426 e. The summed E-state index contributed by atoms with van der Waals surface area (Å²) in [4.78, 5) is 23.3. The third kappa shape index (κ3) is 5.40. The molecule has 0 saturated carbocycles. The smallest absolute Gasteiger partial charge is 0.308 e. The Morgan fingerprint density at radius 2 is 1.72 bits per heavy atom. The molecule has 0 saturated heterocycles. The molecule has 7 nitrogen and oxygen atoms in total. The van der Waals surface area contributed by atoms with Gasteiger partial charge in [-0.05, 0) is 36.2 Å². The van der Waals surface area contributed by atoms with Gasteiger partial charge in [-0.25, -0.2) is 13.6 Å². The fraction of sp³-hybridized carbons (Fsp3) is 0.176. The number of hydrogen-bond acceptors (Lipinski definition) is 5. The van der Waals surface area contributed by atoms with Gasteiger partial charge in [0.25, 0.3) is 5.91 Å². The molecule has 0 atom stereocenters. The van der Waals surface area contributed by atoms with E-state index >= 15 is 0 Å². The second-order valence-electron chi connectivity index (χ2n) is 5.28. The lowest BCUT2D eigenvalue weighted by Gasteiger charge is -2.09. The monoisotopic (exact) mass is 362 g/mol. The predicted molar refractivity (Wildman–Crippen MR) is 91.6 cm³/mol. The van der Waals surface area contributed by atoms with Crippen LogP contribution in [0.4, 0.5) is 0 Å². The highest BCUT2D eigenvalue weighted by atomic mass is 32.2. The van der Waals surface area contributed by atoms with E-state index in [1.165, 1.54) is 19.1 Å². The molecule has 0 aromatic heterocycles. The van der Waals surface area contributed by atoms with Gasteiger partial charge in [0.15, 0.2) is 0 Å². The average molecular weight is 362 g/mol. The van der Waals surface area contributed by atoms with Crippen LogP contribution in [0.15, 0.2) is 53.4 Å². The third-order valence-electron chi connectivity index (χ3n) is 3.34. The minimum Gasteiger partial charge on any atom is -0.426 e. The predicted octanol–water partition coefficient (Wildman–Crippen LogP) is 1.23. The average Bonchev–Trinajstić information content (AvgIpc) is 2.54. The molecule has 2 rings (SSSR count). The number of carbonyl (C=O) groups is 2. The summed E-state index contributed by atoms with van der Waals surface area (Å²) in [5.74, 6) is -0.668. The fourth-order valence-electron chi connectivity index (χ4n) is 2.16. The molecular formula is C17H18N2O5S. The highest BCUT2D eigenvalue weighted by molar-refractivity contribution is 7.89. The first-order chi connectivity index (χ1) is 11.8. The van der Waals surface area contributed by atoms with E-state index in [-0.39, 0.29) is 22.1 Å². The SMILES string of the molecule is CC(=O)Oc1ccccc1C(=O)NCCc1ccc(S(N)(=O)=O)cc1. The molecule has 132 valence electrons. The number of nitrogens with two attached hydrogens (primary N) is 1. The van der Waals surface area contributed by atoms with Gasteiger partial charge in [0, 0.05) is 13.5 Å². The molecule has 0 unspecified atom stereocenters. The van der Waals surface area contributed by atoms with E-state index in [4.69, 9.17) is 9.88 Å². The zero-order valence-electron chi connectivity index (χ0n) is 13.6. The molecule has 2 aromatic rings. The van der Waals surface area contributed by atoms with Crippen LogP contribution in [0.1, 0.15) is 22.8 Å². The van der Waals surface area contributed by atoms with Gasteiger partial charge in [0.2, 0.25) is 10.0 Å². The first-order valence-electron chi connectivity index (χ1n) is 7.45. The van der Waals surface area contributed by atoms with Crippen molar-refractivity contribution in [2.75, 3.05) is 6.54 Å². The second kappa shape index (κ2) is 7.91. The second-order valence-corrected chi connectivity index (χ2v) is 6.85. The van der Waals surface area contributed by atoms with Crippen molar-refractivity contribution in [1.29, 1.82) is 0 Å². The van der Waals surface area contributed by atoms with Crippen LogP contribution < -0.4 is 15.2 Å². The van der Waals surface area contributed by atoms with Crippen molar-refractivity contribution >= 4 is 21.9 Å². The molecule has 1 amide bonds. The van der Waals surface area contributed by atoms with Gasteiger partial charge >= 0.3 is 5.97 Å². The molecule has 0 aliphatic heterocycles. The van der Waals surface area contributed by atoms with Crippen LogP contribution in [-0.4, -0.2) is 26.8 Å². The maximum Gasteiger partial charge on any atom is 0.308 e. The summed E-state index contributed by atoms with van der Waals surface area (Å²) in [7, 11) is -3.72. The number of ether oxygens (including phenoxy) is 1. The molecule has 0 aliphatic rings. The van der Waals surface area contributed by atoms with Crippen LogP contribution in [0.3, 0.4) is 0 Å². The van der Waals surface area contributed by atoms with E-state index in [1.54, 1.807) is 36.4 Å². The summed E-state index contributed by atoms with van der Waals surface area (Å²) in [5, 5.41) is 7.77. The number of para-hydroxylation sites is 1. The Labute approximate surface area is 145 Å². The van der Waals surface area contributed by atoms with Crippen molar-refractivity contribution in [1.82, 2.24) is 5.32 Å². The Balaban J connectivity index is 1.96. The lowest BCUT2D eigenvalue weighted by atomic mass is 10.1. The van der Waals surface area contributed by atoms with Crippen LogP contribution in [0, 0.1) is 0 Å². The quantitative estimate of drug-likeness (QED) is 0.592. The lowest BCUT2D eigenvalue weighted by molar-refractivity contribution is -0.131. The highest BCUT2D eigenvalue weighted by Gasteiger charge is 2.13. The van der Waals surface area contributed by atoms with E-state index in [1.807, 2.05) is 0 Å². The fourth-order valence-corrected chi connectivity index (χ4v) is 2.67. The zero-order chi connectivity index (χ0) is 18.4. The number of primary sulfonamides is 1. The van der Waals surface area contributed by atoms with E-state index in [0.29, 0.717) is 13.0 Å². The number of benzene rings is 2. The number of esters is 1. The van der Waals surface area contributed by atoms with Crippen molar-refractivity contribution in [3.05, 3.63) is 59.7 Å². The maximum atomic E-state index is 12.2. The molecule has 0 spiro atoms. The number of hydrogen-bond donors (Lipinski definition) is 2. The molecular weight excluding hydrogens is 344 g/mol. The Morgan fingerprint density at radius 1 is 1.08 bits per heavy atom. The van der Waals surface area contributed by atoms with Gasteiger partial charge in [0.1, 0.15) is 5.75 Å². The molecule has 25 heavy (non-hydrogen) atoms. The number of carbonyl (C=O) groups excluding carboxylic acids is 2. The van der Waals surface area contributed by atoms with Crippen LogP contribution in [0.2, 0.25) is 0 Å². The standard InChI is InChI=1S/C17H18N2O5S/c1-12(20)24-16-5-3-2-4-15(16)17(21)19-11-10-13-6-8-14(9-7-13)25(18,22)23/h2-9H,10-11H2,1H3,(H,19,21)(H2,18,22,23). The molecule has 0 heterocycles. The molecule has 8 heteroatoms. The summed E-state index contributed by atoms with van der Waals surface area (Å²) in [6.45, 7) is 1.60. The molecule has 0 radical (unpaired) electrons. The van der Waals surface area contributed by atoms with Crippen LogP contribution in [0.25, 0.3) is 0 Å². The summed E-state index contributed by atoms with van der Waals surface area (Å²) < 4.78 is 27.4. The minimum absolute atomic E-state index is 0.0376. The Morgan fingerprint density at radius 3 is 2.32 bits per heavy atom. The van der Waals surface area contributed by atoms with Gasteiger partial charge in [-0.1, -0.05) is 24.3 Å². The molecule has 0 aliphatic carbocycles. The van der Waals surface area contributed by atoms with E-state index < -0.39 is 16.0 Å². The minimum atomic E-state index is -3.72. The first-order valence-corrected chi connectivity index (χ1v) is 8.99. The van der Waals surface area contributed by atoms with Crippen molar-refractivity contribution in [3.63, 3.8) is 0 Å². The van der Waals surface area contributed by atoms with Crippen molar-refractivity contribution in [2.24, 2.45) is 5.14 Å². The normalized spacial score (nSPS) is 11.0. The third-order valence-corrected chi connectivity index (χ3v) is 4.27. The highest BCUT2D eigenvalue weighted by Crippen LogP contribution is 2.18.